The summed E-state index contributed by atoms with van der Waals surface area (Å²) in [6.45, 7) is 2.95. The van der Waals surface area contributed by atoms with Gasteiger partial charge < -0.3 is 10.2 Å². The van der Waals surface area contributed by atoms with Gasteiger partial charge in [0.2, 0.25) is 0 Å². The highest BCUT2D eigenvalue weighted by Crippen LogP contribution is 2.29. The van der Waals surface area contributed by atoms with Crippen LogP contribution in [0.2, 0.25) is 5.02 Å². The van der Waals surface area contributed by atoms with E-state index in [1.807, 2.05) is 18.3 Å². The summed E-state index contributed by atoms with van der Waals surface area (Å²) in [5.74, 6) is 0.828. The average molecular weight is 347 g/mol. The number of carbonyl (C=O) groups is 1. The number of halogens is 1. The van der Waals surface area contributed by atoms with E-state index in [4.69, 9.17) is 11.6 Å². The number of carbonyl (C=O) groups excluding carboxylic acids is 1. The molecule has 2 aliphatic rings. The molecule has 1 aliphatic carbocycles. The predicted octanol–water partition coefficient (Wildman–Crippen LogP) is 4.28. The van der Waals surface area contributed by atoms with Crippen LogP contribution in [0.3, 0.4) is 0 Å². The van der Waals surface area contributed by atoms with E-state index in [1.54, 1.807) is 18.2 Å². The molecule has 24 heavy (non-hydrogen) atoms. The van der Waals surface area contributed by atoms with Crippen molar-refractivity contribution in [2.24, 2.45) is 5.92 Å². The van der Waals surface area contributed by atoms with E-state index in [1.165, 1.54) is 38.5 Å². The molecule has 1 aromatic carbocycles. The Balaban J connectivity index is 1.62. The zero-order chi connectivity index (χ0) is 16.8. The lowest BCUT2D eigenvalue weighted by Gasteiger charge is -2.38. The number of benzene rings is 1. The zero-order valence-electron chi connectivity index (χ0n) is 14.2. The number of ketones is 1. The van der Waals surface area contributed by atoms with Crippen LogP contribution in [-0.2, 0) is 0 Å². The SMILES string of the molecule is O=C(/C=C/N1CCNCC1CC1CCCCC1)c1ccccc1Cl. The summed E-state index contributed by atoms with van der Waals surface area (Å²) in [5, 5.41) is 4.02. The molecule has 0 radical (unpaired) electrons. The minimum Gasteiger partial charge on any atom is -0.372 e. The molecule has 1 heterocycles. The normalized spacial score (nSPS) is 22.9. The van der Waals surface area contributed by atoms with Gasteiger partial charge in [0.1, 0.15) is 0 Å². The van der Waals surface area contributed by atoms with Gasteiger partial charge in [0.25, 0.3) is 0 Å². The largest absolute Gasteiger partial charge is 0.372 e. The summed E-state index contributed by atoms with van der Waals surface area (Å²) in [5.41, 5.74) is 0.578. The number of nitrogens with one attached hydrogen (secondary N) is 1. The monoisotopic (exact) mass is 346 g/mol. The molecule has 1 atom stereocenters. The van der Waals surface area contributed by atoms with Gasteiger partial charge in [0.15, 0.2) is 5.78 Å². The first-order chi connectivity index (χ1) is 11.7. The van der Waals surface area contributed by atoms with Gasteiger partial charge in [0, 0.05) is 43.5 Å². The van der Waals surface area contributed by atoms with Gasteiger partial charge in [-0.15, -0.1) is 0 Å². The molecular weight excluding hydrogens is 320 g/mol. The minimum atomic E-state index is -0.0180. The van der Waals surface area contributed by atoms with Crippen molar-refractivity contribution in [1.29, 1.82) is 0 Å². The summed E-state index contributed by atoms with van der Waals surface area (Å²) in [4.78, 5) is 14.7. The van der Waals surface area contributed by atoms with Crippen molar-refractivity contribution < 1.29 is 4.79 Å². The summed E-state index contributed by atoms with van der Waals surface area (Å²) in [6.07, 6.45) is 11.8. The third-order valence-electron chi connectivity index (χ3n) is 5.28. The third-order valence-corrected chi connectivity index (χ3v) is 5.61. The van der Waals surface area contributed by atoms with Crippen LogP contribution in [0.15, 0.2) is 36.5 Å². The van der Waals surface area contributed by atoms with Gasteiger partial charge in [0.05, 0.1) is 5.02 Å². The highest BCUT2D eigenvalue weighted by Gasteiger charge is 2.24. The van der Waals surface area contributed by atoms with E-state index in [0.29, 0.717) is 16.6 Å². The second-order valence-electron chi connectivity index (χ2n) is 7.00. The maximum absolute atomic E-state index is 12.4. The minimum absolute atomic E-state index is 0.0180. The zero-order valence-corrected chi connectivity index (χ0v) is 15.0. The van der Waals surface area contributed by atoms with Crippen molar-refractivity contribution >= 4 is 17.4 Å². The topological polar surface area (TPSA) is 32.3 Å². The van der Waals surface area contributed by atoms with Gasteiger partial charge in [-0.2, -0.15) is 0 Å². The molecule has 3 nitrogen and oxygen atoms in total. The molecular formula is C20H27ClN2O. The first-order valence-electron chi connectivity index (χ1n) is 9.17. The molecule has 3 rings (SSSR count). The number of hydrogen-bond acceptors (Lipinski definition) is 3. The molecule has 1 unspecified atom stereocenters. The molecule has 4 heteroatoms. The summed E-state index contributed by atoms with van der Waals surface area (Å²) >= 11 is 6.12. The number of allylic oxidation sites excluding steroid dienone is 1. The average Bonchev–Trinajstić information content (AvgIpc) is 2.62. The number of piperazine rings is 1. The lowest BCUT2D eigenvalue weighted by Crippen LogP contribution is -2.49. The van der Waals surface area contributed by atoms with Crippen LogP contribution in [0.5, 0.6) is 0 Å². The van der Waals surface area contributed by atoms with E-state index in [9.17, 15) is 4.79 Å². The number of rotatable bonds is 5. The van der Waals surface area contributed by atoms with E-state index in [0.717, 1.165) is 25.6 Å². The van der Waals surface area contributed by atoms with Crippen LogP contribution in [0.25, 0.3) is 0 Å². The molecule has 1 aliphatic heterocycles. The fraction of sp³-hybridized carbons (Fsp3) is 0.550. The smallest absolute Gasteiger partial charge is 0.188 e. The van der Waals surface area contributed by atoms with Gasteiger partial charge in [-0.25, -0.2) is 0 Å². The lowest BCUT2D eigenvalue weighted by atomic mass is 9.84. The molecule has 1 saturated carbocycles. The lowest BCUT2D eigenvalue weighted by molar-refractivity contribution is 0.104. The third kappa shape index (κ3) is 4.61. The summed E-state index contributed by atoms with van der Waals surface area (Å²) in [7, 11) is 0. The highest BCUT2D eigenvalue weighted by molar-refractivity contribution is 6.34. The van der Waals surface area contributed by atoms with Crippen LogP contribution < -0.4 is 5.32 Å². The molecule has 130 valence electrons. The molecule has 1 N–H and O–H groups in total. The molecule has 1 aromatic rings. The summed E-state index contributed by atoms with van der Waals surface area (Å²) < 4.78 is 0. The maximum atomic E-state index is 12.4. The summed E-state index contributed by atoms with van der Waals surface area (Å²) in [6, 6.07) is 7.74. The molecule has 2 fully saturated rings. The van der Waals surface area contributed by atoms with Crippen molar-refractivity contribution in [3.05, 3.63) is 47.1 Å². The molecule has 0 bridgehead atoms. The van der Waals surface area contributed by atoms with E-state index in [-0.39, 0.29) is 5.78 Å². The highest BCUT2D eigenvalue weighted by atomic mass is 35.5. The Labute approximate surface area is 150 Å². The predicted molar refractivity (Wildman–Crippen MR) is 99.5 cm³/mol. The van der Waals surface area contributed by atoms with Crippen LogP contribution in [-0.4, -0.2) is 36.4 Å². The molecule has 0 spiro atoms. The molecule has 0 amide bonds. The molecule has 1 saturated heterocycles. The van der Waals surface area contributed by atoms with Crippen molar-refractivity contribution in [3.8, 4) is 0 Å². The Kier molecular flexibility index (Phi) is 6.33. The Morgan fingerprint density at radius 1 is 1.25 bits per heavy atom. The van der Waals surface area contributed by atoms with Crippen LogP contribution >= 0.6 is 11.6 Å². The van der Waals surface area contributed by atoms with Crippen molar-refractivity contribution in [2.75, 3.05) is 19.6 Å². The van der Waals surface area contributed by atoms with Crippen molar-refractivity contribution in [3.63, 3.8) is 0 Å². The van der Waals surface area contributed by atoms with Crippen molar-refractivity contribution in [1.82, 2.24) is 10.2 Å². The van der Waals surface area contributed by atoms with Crippen LogP contribution in [0, 0.1) is 5.92 Å². The van der Waals surface area contributed by atoms with E-state index < -0.39 is 0 Å². The Hall–Kier alpha value is -1.32. The number of hydrogen-bond donors (Lipinski definition) is 1. The standard InChI is InChI=1S/C20H27ClN2O/c21-19-9-5-4-8-18(19)20(24)10-12-23-13-11-22-15-17(23)14-16-6-2-1-3-7-16/h4-5,8-10,12,16-17,22H,1-3,6-7,11,13-15H2/b12-10+. The van der Waals surface area contributed by atoms with E-state index in [2.05, 4.69) is 10.2 Å². The molecule has 0 aromatic heterocycles. The van der Waals surface area contributed by atoms with Gasteiger partial charge in [-0.1, -0.05) is 55.8 Å². The maximum Gasteiger partial charge on any atom is 0.188 e. The van der Waals surface area contributed by atoms with Gasteiger partial charge in [-0.3, -0.25) is 4.79 Å². The second kappa shape index (κ2) is 8.68. The first-order valence-corrected chi connectivity index (χ1v) is 9.55. The Morgan fingerprint density at radius 2 is 2.04 bits per heavy atom. The fourth-order valence-electron chi connectivity index (χ4n) is 3.91. The van der Waals surface area contributed by atoms with Crippen LogP contribution in [0.4, 0.5) is 0 Å². The van der Waals surface area contributed by atoms with Gasteiger partial charge >= 0.3 is 0 Å². The fourth-order valence-corrected chi connectivity index (χ4v) is 4.14. The Morgan fingerprint density at radius 3 is 2.83 bits per heavy atom. The Bertz CT molecular complexity index is 581. The van der Waals surface area contributed by atoms with Crippen LogP contribution in [0.1, 0.15) is 48.9 Å². The van der Waals surface area contributed by atoms with E-state index >= 15 is 0 Å². The number of nitrogens with zero attached hydrogens (tertiary/aromatic N) is 1. The second-order valence-corrected chi connectivity index (χ2v) is 7.40. The quantitative estimate of drug-likeness (QED) is 0.638. The van der Waals surface area contributed by atoms with Gasteiger partial charge in [-0.05, 0) is 24.5 Å². The van der Waals surface area contributed by atoms with Crippen molar-refractivity contribution in [2.45, 2.75) is 44.6 Å². The first kappa shape index (κ1) is 17.5.